The van der Waals surface area contributed by atoms with Gasteiger partial charge in [-0.05, 0) is 51.7 Å². The summed E-state index contributed by atoms with van der Waals surface area (Å²) in [5.74, 6) is 1.53. The molecule has 0 aromatic heterocycles. The average molecular weight is 260 g/mol. The van der Waals surface area contributed by atoms with E-state index >= 15 is 0 Å². The van der Waals surface area contributed by atoms with Gasteiger partial charge in [0.25, 0.3) is 0 Å². The van der Waals surface area contributed by atoms with Crippen molar-refractivity contribution < 1.29 is 8.42 Å². The zero-order chi connectivity index (χ0) is 12.3. The van der Waals surface area contributed by atoms with Gasteiger partial charge in [-0.25, -0.2) is 8.42 Å². The highest BCUT2D eigenvalue weighted by Crippen LogP contribution is 2.19. The van der Waals surface area contributed by atoms with Crippen LogP contribution in [0, 0.1) is 5.92 Å². The Bertz CT molecular complexity index is 336. The zero-order valence-electron chi connectivity index (χ0n) is 10.7. The SMILES string of the molecule is CC1CS(=O)(=O)CCN1CCC1CCNCC1. The highest BCUT2D eigenvalue weighted by molar-refractivity contribution is 7.91. The molecule has 0 saturated carbocycles. The molecule has 0 bridgehead atoms. The Hall–Kier alpha value is -0.130. The quantitative estimate of drug-likeness (QED) is 0.802. The van der Waals surface area contributed by atoms with Gasteiger partial charge in [-0.2, -0.15) is 0 Å². The Kier molecular flexibility index (Phi) is 4.44. The molecule has 0 aromatic rings. The van der Waals surface area contributed by atoms with Crippen LogP contribution >= 0.6 is 0 Å². The van der Waals surface area contributed by atoms with Gasteiger partial charge in [-0.15, -0.1) is 0 Å². The van der Waals surface area contributed by atoms with Crippen molar-refractivity contribution in [2.45, 2.75) is 32.2 Å². The van der Waals surface area contributed by atoms with Crippen molar-refractivity contribution in [1.82, 2.24) is 10.2 Å². The molecule has 0 aliphatic carbocycles. The molecule has 4 nitrogen and oxygen atoms in total. The van der Waals surface area contributed by atoms with Crippen molar-refractivity contribution in [3.05, 3.63) is 0 Å². The molecule has 2 aliphatic rings. The molecule has 2 fully saturated rings. The highest BCUT2D eigenvalue weighted by atomic mass is 32.2. The first-order valence-corrected chi connectivity index (χ1v) is 8.54. The standard InChI is InChI=1S/C12H24N2O2S/c1-11-10-17(15,16)9-8-14(11)7-4-12-2-5-13-6-3-12/h11-13H,2-10H2,1H3. The topological polar surface area (TPSA) is 49.4 Å². The Morgan fingerprint density at radius 3 is 2.65 bits per heavy atom. The molecule has 17 heavy (non-hydrogen) atoms. The van der Waals surface area contributed by atoms with Crippen LogP contribution in [0.5, 0.6) is 0 Å². The predicted octanol–water partition coefficient (Wildman–Crippen LogP) is 0.495. The van der Waals surface area contributed by atoms with E-state index in [9.17, 15) is 8.42 Å². The van der Waals surface area contributed by atoms with E-state index in [1.54, 1.807) is 0 Å². The normalized spacial score (nSPS) is 31.5. The minimum atomic E-state index is -2.76. The van der Waals surface area contributed by atoms with E-state index in [1.807, 2.05) is 6.92 Å². The van der Waals surface area contributed by atoms with Gasteiger partial charge in [0.2, 0.25) is 0 Å². The van der Waals surface area contributed by atoms with E-state index in [0.29, 0.717) is 11.5 Å². The van der Waals surface area contributed by atoms with E-state index in [-0.39, 0.29) is 6.04 Å². The first-order valence-electron chi connectivity index (χ1n) is 6.72. The fourth-order valence-electron chi connectivity index (χ4n) is 2.88. The third-order valence-electron chi connectivity index (χ3n) is 4.09. The summed E-state index contributed by atoms with van der Waals surface area (Å²) in [6.45, 7) is 6.14. The fourth-order valence-corrected chi connectivity index (χ4v) is 4.51. The summed E-state index contributed by atoms with van der Waals surface area (Å²) < 4.78 is 23.0. The van der Waals surface area contributed by atoms with Crippen molar-refractivity contribution in [3.63, 3.8) is 0 Å². The Morgan fingerprint density at radius 1 is 1.29 bits per heavy atom. The number of nitrogens with one attached hydrogen (secondary N) is 1. The summed E-state index contributed by atoms with van der Waals surface area (Å²) >= 11 is 0. The van der Waals surface area contributed by atoms with Crippen molar-refractivity contribution in [2.75, 3.05) is 37.7 Å². The molecule has 2 aliphatic heterocycles. The zero-order valence-corrected chi connectivity index (χ0v) is 11.5. The largest absolute Gasteiger partial charge is 0.317 e. The van der Waals surface area contributed by atoms with Gasteiger partial charge < -0.3 is 5.32 Å². The van der Waals surface area contributed by atoms with Crippen molar-refractivity contribution in [2.24, 2.45) is 5.92 Å². The van der Waals surface area contributed by atoms with Gasteiger partial charge in [0, 0.05) is 12.6 Å². The molecular formula is C12H24N2O2S. The molecule has 1 N–H and O–H groups in total. The molecule has 100 valence electrons. The van der Waals surface area contributed by atoms with Gasteiger partial charge in [0.05, 0.1) is 11.5 Å². The fraction of sp³-hybridized carbons (Fsp3) is 1.00. The average Bonchev–Trinajstić information content (AvgIpc) is 2.28. The van der Waals surface area contributed by atoms with Gasteiger partial charge in [0.1, 0.15) is 0 Å². The van der Waals surface area contributed by atoms with Gasteiger partial charge >= 0.3 is 0 Å². The number of piperidine rings is 1. The lowest BCUT2D eigenvalue weighted by molar-refractivity contribution is 0.200. The summed E-state index contributed by atoms with van der Waals surface area (Å²) in [5.41, 5.74) is 0. The predicted molar refractivity (Wildman–Crippen MR) is 69.9 cm³/mol. The Morgan fingerprint density at radius 2 is 2.00 bits per heavy atom. The second-order valence-corrected chi connectivity index (χ2v) is 7.71. The lowest BCUT2D eigenvalue weighted by Gasteiger charge is -2.34. The van der Waals surface area contributed by atoms with E-state index in [1.165, 1.54) is 19.3 Å². The lowest BCUT2D eigenvalue weighted by Crippen LogP contribution is -2.47. The Labute approximate surface area is 105 Å². The smallest absolute Gasteiger partial charge is 0.153 e. The molecule has 1 unspecified atom stereocenters. The molecular weight excluding hydrogens is 236 g/mol. The molecule has 0 radical (unpaired) electrons. The van der Waals surface area contributed by atoms with Gasteiger partial charge in [0.15, 0.2) is 9.84 Å². The maximum Gasteiger partial charge on any atom is 0.153 e. The van der Waals surface area contributed by atoms with E-state index < -0.39 is 9.84 Å². The molecule has 2 heterocycles. The van der Waals surface area contributed by atoms with E-state index in [2.05, 4.69) is 10.2 Å². The molecule has 2 saturated heterocycles. The number of nitrogens with zero attached hydrogens (tertiary/aromatic N) is 1. The minimum absolute atomic E-state index is 0.204. The minimum Gasteiger partial charge on any atom is -0.317 e. The lowest BCUT2D eigenvalue weighted by atomic mass is 9.94. The number of hydrogen-bond acceptors (Lipinski definition) is 4. The van der Waals surface area contributed by atoms with Crippen LogP contribution in [0.4, 0.5) is 0 Å². The molecule has 5 heteroatoms. The van der Waals surface area contributed by atoms with E-state index in [4.69, 9.17) is 0 Å². The number of rotatable bonds is 3. The summed E-state index contributed by atoms with van der Waals surface area (Å²) in [6.07, 6.45) is 3.78. The van der Waals surface area contributed by atoms with E-state index in [0.717, 1.165) is 32.1 Å². The summed E-state index contributed by atoms with van der Waals surface area (Å²) in [5, 5.41) is 3.38. The maximum absolute atomic E-state index is 11.5. The van der Waals surface area contributed by atoms with Crippen LogP contribution in [0.1, 0.15) is 26.2 Å². The van der Waals surface area contributed by atoms with Crippen LogP contribution in [0.3, 0.4) is 0 Å². The first-order chi connectivity index (χ1) is 8.07. The monoisotopic (exact) mass is 260 g/mol. The maximum atomic E-state index is 11.5. The summed E-state index contributed by atoms with van der Waals surface area (Å²) in [7, 11) is -2.76. The summed E-state index contributed by atoms with van der Waals surface area (Å²) in [4.78, 5) is 2.35. The Balaban J connectivity index is 1.75. The molecule has 2 rings (SSSR count). The van der Waals surface area contributed by atoms with Crippen LogP contribution in [-0.2, 0) is 9.84 Å². The molecule has 0 amide bonds. The van der Waals surface area contributed by atoms with Crippen molar-refractivity contribution in [3.8, 4) is 0 Å². The second-order valence-electron chi connectivity index (χ2n) is 5.48. The third kappa shape index (κ3) is 3.93. The van der Waals surface area contributed by atoms with Crippen molar-refractivity contribution in [1.29, 1.82) is 0 Å². The molecule has 0 aromatic carbocycles. The van der Waals surface area contributed by atoms with Crippen molar-refractivity contribution >= 4 is 9.84 Å². The molecule has 0 spiro atoms. The highest BCUT2D eigenvalue weighted by Gasteiger charge is 2.28. The van der Waals surface area contributed by atoms with Crippen LogP contribution in [0.15, 0.2) is 0 Å². The van der Waals surface area contributed by atoms with Gasteiger partial charge in [-0.3, -0.25) is 4.90 Å². The first kappa shape index (κ1) is 13.3. The third-order valence-corrected chi connectivity index (χ3v) is 5.89. The number of sulfone groups is 1. The number of hydrogen-bond donors (Lipinski definition) is 1. The summed E-state index contributed by atoms with van der Waals surface area (Å²) in [6, 6.07) is 0.204. The second kappa shape index (κ2) is 5.67. The molecule has 1 atom stereocenters. The van der Waals surface area contributed by atoms with Crippen LogP contribution < -0.4 is 5.32 Å². The van der Waals surface area contributed by atoms with Gasteiger partial charge in [-0.1, -0.05) is 0 Å². The van der Waals surface area contributed by atoms with Crippen LogP contribution in [0.25, 0.3) is 0 Å². The van der Waals surface area contributed by atoms with Crippen LogP contribution in [0.2, 0.25) is 0 Å². The van der Waals surface area contributed by atoms with Crippen LogP contribution in [-0.4, -0.2) is 57.0 Å².